The Kier molecular flexibility index (Phi) is 10.8. The van der Waals surface area contributed by atoms with E-state index in [0.29, 0.717) is 43.1 Å². The predicted octanol–water partition coefficient (Wildman–Crippen LogP) is 6.09. The van der Waals surface area contributed by atoms with Crippen molar-refractivity contribution in [1.82, 2.24) is 0 Å². The first-order valence-electron chi connectivity index (χ1n) is 14.3. The molecular formula is C31H52O5. The van der Waals surface area contributed by atoms with Crippen LogP contribution in [0.4, 0.5) is 0 Å². The van der Waals surface area contributed by atoms with Gasteiger partial charge in [0.2, 0.25) is 0 Å². The molecule has 3 N–H and O–H groups in total. The SMILES string of the molecule is COCOCCC=C1[C@H](O)CC(=C/C=C2\CCC[C@@]3(C)C2CC[C@@H]3[C@H](C)CCCC(C)(C)O)C[C@H]1O. The van der Waals surface area contributed by atoms with Crippen molar-refractivity contribution in [2.45, 2.75) is 116 Å². The van der Waals surface area contributed by atoms with Crippen molar-refractivity contribution in [3.63, 3.8) is 0 Å². The quantitative estimate of drug-likeness (QED) is 0.180. The number of methoxy groups -OCH3 is 1. The first-order chi connectivity index (χ1) is 17.0. The van der Waals surface area contributed by atoms with E-state index < -0.39 is 17.8 Å². The Labute approximate surface area is 219 Å². The molecule has 3 fully saturated rings. The molecule has 0 aromatic rings. The fourth-order valence-corrected chi connectivity index (χ4v) is 7.39. The second-order valence-corrected chi connectivity index (χ2v) is 12.6. The van der Waals surface area contributed by atoms with Crippen LogP contribution >= 0.6 is 0 Å². The van der Waals surface area contributed by atoms with Gasteiger partial charge in [0.05, 0.1) is 24.4 Å². The van der Waals surface area contributed by atoms with Crippen molar-refractivity contribution < 1.29 is 24.8 Å². The number of aliphatic hydroxyl groups excluding tert-OH is 2. The molecule has 0 bridgehead atoms. The second-order valence-electron chi connectivity index (χ2n) is 12.6. The lowest BCUT2D eigenvalue weighted by Crippen LogP contribution is -2.36. The maximum Gasteiger partial charge on any atom is 0.146 e. The molecule has 0 aromatic heterocycles. The molecule has 5 heteroatoms. The summed E-state index contributed by atoms with van der Waals surface area (Å²) >= 11 is 0. The van der Waals surface area contributed by atoms with E-state index in [-0.39, 0.29) is 6.79 Å². The van der Waals surface area contributed by atoms with E-state index in [1.165, 1.54) is 38.5 Å². The Morgan fingerprint density at radius 1 is 1.14 bits per heavy atom. The number of aliphatic hydroxyl groups is 3. The molecule has 5 nitrogen and oxygen atoms in total. The molecule has 0 heterocycles. The largest absolute Gasteiger partial charge is 0.390 e. The highest BCUT2D eigenvalue weighted by molar-refractivity contribution is 5.30. The maximum atomic E-state index is 10.7. The van der Waals surface area contributed by atoms with Gasteiger partial charge in [0.25, 0.3) is 0 Å². The highest BCUT2D eigenvalue weighted by Gasteiger charge is 2.50. The number of allylic oxidation sites excluding steroid dienone is 3. The molecule has 3 aliphatic carbocycles. The van der Waals surface area contributed by atoms with Crippen LogP contribution in [-0.4, -0.2) is 53.6 Å². The summed E-state index contributed by atoms with van der Waals surface area (Å²) in [6.07, 6.45) is 16.5. The van der Waals surface area contributed by atoms with E-state index in [1.807, 2.05) is 19.9 Å². The van der Waals surface area contributed by atoms with Crippen LogP contribution in [0.1, 0.15) is 98.3 Å². The summed E-state index contributed by atoms with van der Waals surface area (Å²) in [5.41, 5.74) is 3.23. The molecular weight excluding hydrogens is 452 g/mol. The van der Waals surface area contributed by atoms with Crippen LogP contribution in [0.3, 0.4) is 0 Å². The minimum Gasteiger partial charge on any atom is -0.390 e. The van der Waals surface area contributed by atoms with E-state index in [4.69, 9.17) is 9.47 Å². The fourth-order valence-electron chi connectivity index (χ4n) is 7.39. The third kappa shape index (κ3) is 7.77. The third-order valence-corrected chi connectivity index (χ3v) is 9.23. The van der Waals surface area contributed by atoms with Crippen molar-refractivity contribution in [3.8, 4) is 0 Å². The standard InChI is InChI=1S/C31H52O5/c1-22(9-6-16-30(2,3)34)26-14-15-27-24(10-7-17-31(26,27)4)13-12-23-19-28(32)25(29(33)20-23)11-8-18-36-21-35-5/h11-13,22,26-29,32-34H,6-10,14-21H2,1-5H3/b23-12?,24-13+,25-11?/t22-,26-,27?,28-,29-,31-/m1/s1. The molecule has 3 saturated carbocycles. The smallest absolute Gasteiger partial charge is 0.146 e. The van der Waals surface area contributed by atoms with Crippen LogP contribution in [0.15, 0.2) is 34.9 Å². The summed E-state index contributed by atoms with van der Waals surface area (Å²) in [5.74, 6) is 2.08. The number of rotatable bonds is 11. The summed E-state index contributed by atoms with van der Waals surface area (Å²) < 4.78 is 10.2. The number of fused-ring (bicyclic) bond motifs is 1. The van der Waals surface area contributed by atoms with Gasteiger partial charge in [-0.25, -0.2) is 0 Å². The Balaban J connectivity index is 1.61. The molecule has 3 rings (SSSR count). The lowest BCUT2D eigenvalue weighted by atomic mass is 9.60. The monoisotopic (exact) mass is 504 g/mol. The van der Waals surface area contributed by atoms with Crippen LogP contribution in [0.2, 0.25) is 0 Å². The van der Waals surface area contributed by atoms with Gasteiger partial charge in [-0.3, -0.25) is 0 Å². The van der Waals surface area contributed by atoms with Gasteiger partial charge in [-0.2, -0.15) is 0 Å². The molecule has 0 amide bonds. The van der Waals surface area contributed by atoms with Crippen LogP contribution in [0.25, 0.3) is 0 Å². The highest BCUT2D eigenvalue weighted by atomic mass is 16.7. The first-order valence-corrected chi connectivity index (χ1v) is 14.3. The molecule has 0 aliphatic heterocycles. The van der Waals surface area contributed by atoms with Crippen LogP contribution in [0.5, 0.6) is 0 Å². The van der Waals surface area contributed by atoms with Gasteiger partial charge in [-0.05, 0) is 100 Å². The lowest BCUT2D eigenvalue weighted by Gasteiger charge is -2.44. The molecule has 36 heavy (non-hydrogen) atoms. The third-order valence-electron chi connectivity index (χ3n) is 9.23. The van der Waals surface area contributed by atoms with Crippen molar-refractivity contribution in [1.29, 1.82) is 0 Å². The number of ether oxygens (including phenoxy) is 2. The predicted molar refractivity (Wildman–Crippen MR) is 145 cm³/mol. The molecule has 206 valence electrons. The fraction of sp³-hybridized carbons (Fsp3) is 0.806. The zero-order valence-corrected chi connectivity index (χ0v) is 23.5. The summed E-state index contributed by atoms with van der Waals surface area (Å²) in [5, 5.41) is 31.5. The van der Waals surface area contributed by atoms with E-state index in [2.05, 4.69) is 26.0 Å². The molecule has 6 atom stereocenters. The van der Waals surface area contributed by atoms with Crippen molar-refractivity contribution in [2.75, 3.05) is 20.5 Å². The average Bonchev–Trinajstić information content (AvgIpc) is 3.15. The first kappa shape index (κ1) is 29.6. The zero-order valence-electron chi connectivity index (χ0n) is 23.5. The van der Waals surface area contributed by atoms with E-state index in [9.17, 15) is 15.3 Å². The molecule has 0 saturated heterocycles. The highest BCUT2D eigenvalue weighted by Crippen LogP contribution is 2.60. The summed E-state index contributed by atoms with van der Waals surface area (Å²) in [4.78, 5) is 0. The Morgan fingerprint density at radius 3 is 2.53 bits per heavy atom. The van der Waals surface area contributed by atoms with Gasteiger partial charge >= 0.3 is 0 Å². The topological polar surface area (TPSA) is 79.2 Å². The Morgan fingerprint density at radius 2 is 1.86 bits per heavy atom. The van der Waals surface area contributed by atoms with E-state index in [0.717, 1.165) is 29.9 Å². The van der Waals surface area contributed by atoms with E-state index >= 15 is 0 Å². The van der Waals surface area contributed by atoms with Crippen LogP contribution in [0, 0.1) is 23.2 Å². The molecule has 0 aromatic carbocycles. The number of hydrogen-bond donors (Lipinski definition) is 3. The summed E-state index contributed by atoms with van der Waals surface area (Å²) in [6.45, 7) is 9.57. The minimum atomic E-state index is -0.627. The van der Waals surface area contributed by atoms with Crippen LogP contribution in [-0.2, 0) is 9.47 Å². The van der Waals surface area contributed by atoms with Crippen LogP contribution < -0.4 is 0 Å². The molecule has 3 aliphatic rings. The van der Waals surface area contributed by atoms with Gasteiger partial charge in [-0.15, -0.1) is 0 Å². The van der Waals surface area contributed by atoms with Crippen molar-refractivity contribution in [2.24, 2.45) is 23.2 Å². The van der Waals surface area contributed by atoms with Crippen molar-refractivity contribution in [3.05, 3.63) is 34.9 Å². The van der Waals surface area contributed by atoms with Gasteiger partial charge in [-0.1, -0.05) is 56.1 Å². The van der Waals surface area contributed by atoms with Gasteiger partial charge in [0, 0.05) is 7.11 Å². The van der Waals surface area contributed by atoms with Gasteiger partial charge < -0.3 is 24.8 Å². The average molecular weight is 505 g/mol. The molecule has 1 unspecified atom stereocenters. The maximum absolute atomic E-state index is 10.7. The normalized spacial score (nSPS) is 33.1. The van der Waals surface area contributed by atoms with Crippen molar-refractivity contribution >= 4 is 0 Å². The number of hydrogen-bond acceptors (Lipinski definition) is 5. The van der Waals surface area contributed by atoms with Gasteiger partial charge in [0.15, 0.2) is 0 Å². The van der Waals surface area contributed by atoms with E-state index in [1.54, 1.807) is 12.7 Å². The zero-order chi connectivity index (χ0) is 26.3. The lowest BCUT2D eigenvalue weighted by molar-refractivity contribution is -0.0287. The molecule has 0 spiro atoms. The Bertz CT molecular complexity index is 775. The summed E-state index contributed by atoms with van der Waals surface area (Å²) in [7, 11) is 1.59. The molecule has 0 radical (unpaired) electrons. The Hall–Kier alpha value is -0.980. The second kappa shape index (κ2) is 13.2. The minimum absolute atomic E-state index is 0.261. The van der Waals surface area contributed by atoms with Gasteiger partial charge in [0.1, 0.15) is 6.79 Å². The summed E-state index contributed by atoms with van der Waals surface area (Å²) in [6, 6.07) is 0.